The van der Waals surface area contributed by atoms with E-state index in [1.807, 2.05) is 13.8 Å². The van der Waals surface area contributed by atoms with Gasteiger partial charge in [-0.15, -0.1) is 0 Å². The lowest BCUT2D eigenvalue weighted by Crippen LogP contribution is -2.30. The van der Waals surface area contributed by atoms with Crippen LogP contribution in [0.2, 0.25) is 0 Å². The van der Waals surface area contributed by atoms with Crippen molar-refractivity contribution < 1.29 is 23.5 Å². The minimum absolute atomic E-state index is 0.00139. The number of benzene rings is 1. The lowest BCUT2D eigenvalue weighted by Gasteiger charge is -2.16. The third-order valence-electron chi connectivity index (χ3n) is 4.00. The number of aliphatic hydroxyl groups is 1. The Kier molecular flexibility index (Phi) is 7.67. The van der Waals surface area contributed by atoms with Gasteiger partial charge in [-0.05, 0) is 24.6 Å². The van der Waals surface area contributed by atoms with Crippen LogP contribution >= 0.6 is 0 Å². The topological polar surface area (TPSA) is 119 Å². The summed E-state index contributed by atoms with van der Waals surface area (Å²) in [6, 6.07) is 4.50. The van der Waals surface area contributed by atoms with Crippen molar-refractivity contribution in [2.75, 3.05) is 18.5 Å². The molecule has 3 rings (SSSR count). The van der Waals surface area contributed by atoms with E-state index in [2.05, 4.69) is 15.8 Å². The Labute approximate surface area is 172 Å². The highest BCUT2D eigenvalue weighted by molar-refractivity contribution is 6.08. The number of anilines is 2. The summed E-state index contributed by atoms with van der Waals surface area (Å²) >= 11 is 0. The van der Waals surface area contributed by atoms with Gasteiger partial charge >= 0.3 is 0 Å². The second-order valence-electron chi connectivity index (χ2n) is 6.11. The summed E-state index contributed by atoms with van der Waals surface area (Å²) in [6.45, 7) is 6.84. The first-order chi connectivity index (χ1) is 14.3. The number of hydroxylamine groups is 1. The van der Waals surface area contributed by atoms with Gasteiger partial charge in [-0.1, -0.05) is 19.9 Å². The van der Waals surface area contributed by atoms with Crippen LogP contribution in [0.3, 0.4) is 0 Å². The van der Waals surface area contributed by atoms with Crippen LogP contribution in [0.15, 0.2) is 27.4 Å². The van der Waals surface area contributed by atoms with E-state index >= 15 is 0 Å². The number of aryl methyl sites for hydroxylation is 2. The molecule has 2 aromatic heterocycles. The van der Waals surface area contributed by atoms with E-state index < -0.39 is 17.3 Å². The standard InChI is InChI=1S/C18H19FN4O5.C2H6/c1-9-4-5-12(11(19)8-9)21-16-13(17(25)22-27-7-6-24)15-14(18(26)23(16)3)20-10(2)28-15;1-2/h4-5,8,21,24H,6-7H2,1-3H3,(H,22,25);1-2H3. The summed E-state index contributed by atoms with van der Waals surface area (Å²) in [7, 11) is 1.42. The Morgan fingerprint density at radius 1 is 1.33 bits per heavy atom. The zero-order valence-electron chi connectivity index (χ0n) is 17.5. The molecule has 0 radical (unpaired) electrons. The van der Waals surface area contributed by atoms with Crippen molar-refractivity contribution in [3.8, 4) is 0 Å². The Hall–Kier alpha value is -3.24. The molecule has 1 aromatic carbocycles. The molecule has 0 unspecified atom stereocenters. The van der Waals surface area contributed by atoms with Gasteiger partial charge in [-0.3, -0.25) is 19.0 Å². The number of aliphatic hydroxyl groups excluding tert-OH is 1. The molecular formula is C20H25FN4O5. The number of amides is 1. The van der Waals surface area contributed by atoms with Crippen molar-refractivity contribution in [3.05, 3.63) is 51.4 Å². The predicted octanol–water partition coefficient (Wildman–Crippen LogP) is 2.71. The summed E-state index contributed by atoms with van der Waals surface area (Å²) in [5, 5.41) is 11.6. The van der Waals surface area contributed by atoms with Gasteiger partial charge in [-0.2, -0.15) is 0 Å². The first-order valence-electron chi connectivity index (χ1n) is 9.39. The number of oxazole rings is 1. The number of halogens is 1. The molecule has 0 atom stereocenters. The second-order valence-corrected chi connectivity index (χ2v) is 6.11. The molecule has 3 aromatic rings. The molecule has 0 aliphatic heterocycles. The van der Waals surface area contributed by atoms with Gasteiger partial charge in [0.05, 0.1) is 18.9 Å². The average Bonchev–Trinajstić information content (AvgIpc) is 3.10. The molecule has 0 aliphatic rings. The fourth-order valence-corrected chi connectivity index (χ4v) is 2.70. The van der Waals surface area contributed by atoms with Crippen molar-refractivity contribution in [1.82, 2.24) is 15.0 Å². The summed E-state index contributed by atoms with van der Waals surface area (Å²) in [5.41, 5.74) is 2.25. The van der Waals surface area contributed by atoms with Crippen LogP contribution in [0.1, 0.15) is 35.7 Å². The average molecular weight is 420 g/mol. The Balaban J connectivity index is 0.00000155. The molecule has 0 aliphatic carbocycles. The monoisotopic (exact) mass is 420 g/mol. The van der Waals surface area contributed by atoms with Gasteiger partial charge in [0.2, 0.25) is 0 Å². The fraction of sp³-hybridized carbons (Fsp3) is 0.350. The number of rotatable bonds is 6. The molecule has 162 valence electrons. The van der Waals surface area contributed by atoms with Gasteiger partial charge in [-0.25, -0.2) is 14.9 Å². The number of hydrogen-bond acceptors (Lipinski definition) is 7. The Bertz CT molecular complexity index is 1110. The maximum Gasteiger partial charge on any atom is 0.282 e. The molecule has 0 spiro atoms. The largest absolute Gasteiger partial charge is 0.440 e. The predicted molar refractivity (Wildman–Crippen MR) is 110 cm³/mol. The molecule has 0 fully saturated rings. The van der Waals surface area contributed by atoms with Gasteiger partial charge in [0.25, 0.3) is 11.5 Å². The van der Waals surface area contributed by atoms with Crippen molar-refractivity contribution in [1.29, 1.82) is 0 Å². The summed E-state index contributed by atoms with van der Waals surface area (Å²) in [6.07, 6.45) is 0. The van der Waals surface area contributed by atoms with E-state index in [9.17, 15) is 14.0 Å². The normalized spacial score (nSPS) is 10.5. The van der Waals surface area contributed by atoms with Crippen LogP contribution in [0.4, 0.5) is 15.9 Å². The highest BCUT2D eigenvalue weighted by Gasteiger charge is 2.26. The van der Waals surface area contributed by atoms with Crippen LogP contribution in [-0.2, 0) is 11.9 Å². The number of hydrogen-bond donors (Lipinski definition) is 3. The van der Waals surface area contributed by atoms with E-state index in [1.54, 1.807) is 13.0 Å². The van der Waals surface area contributed by atoms with E-state index in [0.29, 0.717) is 5.56 Å². The number of nitrogens with one attached hydrogen (secondary N) is 2. The molecule has 2 heterocycles. The molecule has 9 nitrogen and oxygen atoms in total. The van der Waals surface area contributed by atoms with E-state index in [0.717, 1.165) is 4.57 Å². The van der Waals surface area contributed by atoms with Crippen molar-refractivity contribution in [3.63, 3.8) is 0 Å². The minimum Gasteiger partial charge on any atom is -0.440 e. The van der Waals surface area contributed by atoms with Crippen LogP contribution in [0, 0.1) is 19.7 Å². The highest BCUT2D eigenvalue weighted by Crippen LogP contribution is 2.28. The van der Waals surface area contributed by atoms with E-state index in [-0.39, 0.29) is 47.3 Å². The smallest absolute Gasteiger partial charge is 0.282 e. The molecule has 3 N–H and O–H groups in total. The third kappa shape index (κ3) is 4.66. The maximum absolute atomic E-state index is 14.3. The van der Waals surface area contributed by atoms with Crippen molar-refractivity contribution in [2.24, 2.45) is 7.05 Å². The highest BCUT2D eigenvalue weighted by atomic mass is 19.1. The lowest BCUT2D eigenvalue weighted by molar-refractivity contribution is 0.0169. The second kappa shape index (κ2) is 9.99. The number of carbonyl (C=O) groups excluding carboxylic acids is 1. The number of carbonyl (C=O) groups is 1. The molecule has 0 bridgehead atoms. The molecule has 0 saturated carbocycles. The molecule has 1 amide bonds. The molecular weight excluding hydrogens is 395 g/mol. The minimum atomic E-state index is -0.750. The zero-order valence-corrected chi connectivity index (χ0v) is 17.5. The first-order valence-corrected chi connectivity index (χ1v) is 9.39. The SMILES string of the molecule is CC.Cc1ccc(Nc2c(C(=O)NOCCO)c3oc(C)nc3c(=O)n2C)c(F)c1. The van der Waals surface area contributed by atoms with Crippen LogP contribution in [0.25, 0.3) is 11.1 Å². The number of fused-ring (bicyclic) bond motifs is 1. The molecule has 30 heavy (non-hydrogen) atoms. The number of aromatic nitrogens is 2. The van der Waals surface area contributed by atoms with Crippen molar-refractivity contribution >= 4 is 28.5 Å². The van der Waals surface area contributed by atoms with Gasteiger partial charge in [0.1, 0.15) is 17.2 Å². The fourth-order valence-electron chi connectivity index (χ4n) is 2.70. The summed E-state index contributed by atoms with van der Waals surface area (Å²) in [5.74, 6) is -1.11. The maximum atomic E-state index is 14.3. The molecule has 0 saturated heterocycles. The van der Waals surface area contributed by atoms with Gasteiger partial charge < -0.3 is 14.8 Å². The van der Waals surface area contributed by atoms with Crippen LogP contribution < -0.4 is 16.4 Å². The van der Waals surface area contributed by atoms with Crippen LogP contribution in [-0.4, -0.2) is 33.8 Å². The number of nitrogens with zero attached hydrogens (tertiary/aromatic N) is 2. The van der Waals surface area contributed by atoms with E-state index in [4.69, 9.17) is 14.4 Å². The lowest BCUT2D eigenvalue weighted by atomic mass is 10.2. The summed E-state index contributed by atoms with van der Waals surface area (Å²) < 4.78 is 20.9. The van der Waals surface area contributed by atoms with E-state index in [1.165, 1.54) is 26.1 Å². The Morgan fingerprint density at radius 3 is 2.67 bits per heavy atom. The van der Waals surface area contributed by atoms with Gasteiger partial charge in [0.15, 0.2) is 17.0 Å². The Morgan fingerprint density at radius 2 is 2.03 bits per heavy atom. The quantitative estimate of drug-likeness (QED) is 0.414. The van der Waals surface area contributed by atoms with Crippen LogP contribution in [0.5, 0.6) is 0 Å². The summed E-state index contributed by atoms with van der Waals surface area (Å²) in [4.78, 5) is 34.2. The zero-order chi connectivity index (χ0) is 22.4. The third-order valence-corrected chi connectivity index (χ3v) is 4.00. The van der Waals surface area contributed by atoms with Crippen molar-refractivity contribution in [2.45, 2.75) is 27.7 Å². The number of pyridine rings is 1. The molecule has 10 heteroatoms. The first kappa shape index (κ1) is 23.0. The van der Waals surface area contributed by atoms with Gasteiger partial charge in [0, 0.05) is 14.0 Å².